The molecule has 0 radical (unpaired) electrons. The van der Waals surface area contributed by atoms with Gasteiger partial charge in [-0.3, -0.25) is 0 Å². The van der Waals surface area contributed by atoms with Crippen molar-refractivity contribution in [3.05, 3.63) is 44.6 Å². The average molecular weight is 325 g/mol. The lowest BCUT2D eigenvalue weighted by atomic mass is 10.1. The summed E-state index contributed by atoms with van der Waals surface area (Å²) in [4.78, 5) is 7.57. The Hall–Kier alpha value is -1.04. The Bertz CT molecular complexity index is 625. The predicted molar refractivity (Wildman–Crippen MR) is 78.0 cm³/mol. The van der Waals surface area contributed by atoms with E-state index in [0.29, 0.717) is 11.2 Å². The van der Waals surface area contributed by atoms with E-state index in [1.165, 1.54) is 5.56 Å². The predicted octanol–water partition coefficient (Wildman–Crippen LogP) is 4.02. The molecule has 1 aromatic carbocycles. The van der Waals surface area contributed by atoms with Crippen LogP contribution in [0.5, 0.6) is 0 Å². The normalized spacial score (nSPS) is 10.6. The van der Waals surface area contributed by atoms with E-state index in [2.05, 4.69) is 25.9 Å². The summed E-state index contributed by atoms with van der Waals surface area (Å²) < 4.78 is 6.72. The standard InChI is InChI=1S/C13H13BrN2OS/c1-8-3-4-9(5-11(8)14)13-15-10(7-17-2)6-12(18)16-13/h3-6H,7H2,1-2H3,(H,15,16,18). The van der Waals surface area contributed by atoms with Gasteiger partial charge in [-0.15, -0.1) is 0 Å². The van der Waals surface area contributed by atoms with Crippen LogP contribution in [-0.4, -0.2) is 17.1 Å². The van der Waals surface area contributed by atoms with Crippen LogP contribution in [0, 0.1) is 11.6 Å². The van der Waals surface area contributed by atoms with Gasteiger partial charge in [-0.05, 0) is 24.6 Å². The molecular weight excluding hydrogens is 312 g/mol. The van der Waals surface area contributed by atoms with Gasteiger partial charge < -0.3 is 9.72 Å². The number of ether oxygens (including phenoxy) is 1. The number of hydrogen-bond acceptors (Lipinski definition) is 3. The lowest BCUT2D eigenvalue weighted by molar-refractivity contribution is 0.181. The van der Waals surface area contributed by atoms with Gasteiger partial charge >= 0.3 is 0 Å². The highest BCUT2D eigenvalue weighted by atomic mass is 79.9. The highest BCUT2D eigenvalue weighted by molar-refractivity contribution is 9.10. The third-order valence-corrected chi connectivity index (χ3v) is 3.61. The smallest absolute Gasteiger partial charge is 0.139 e. The molecule has 1 aromatic heterocycles. The second-order valence-electron chi connectivity index (χ2n) is 3.99. The number of methoxy groups -OCH3 is 1. The van der Waals surface area contributed by atoms with Crippen LogP contribution in [0.1, 0.15) is 11.3 Å². The molecule has 0 spiro atoms. The van der Waals surface area contributed by atoms with Crippen molar-refractivity contribution in [1.82, 2.24) is 9.97 Å². The van der Waals surface area contributed by atoms with Crippen molar-refractivity contribution < 1.29 is 4.74 Å². The number of H-pyrrole nitrogens is 1. The van der Waals surface area contributed by atoms with Crippen LogP contribution < -0.4 is 0 Å². The molecule has 0 aliphatic heterocycles. The van der Waals surface area contributed by atoms with E-state index in [-0.39, 0.29) is 0 Å². The molecule has 18 heavy (non-hydrogen) atoms. The van der Waals surface area contributed by atoms with Crippen LogP contribution >= 0.6 is 28.1 Å². The van der Waals surface area contributed by atoms with E-state index in [0.717, 1.165) is 21.6 Å². The second kappa shape index (κ2) is 5.73. The first-order valence-corrected chi connectivity index (χ1v) is 6.66. The summed E-state index contributed by atoms with van der Waals surface area (Å²) in [6.07, 6.45) is 0. The highest BCUT2D eigenvalue weighted by Gasteiger charge is 2.04. The van der Waals surface area contributed by atoms with Crippen molar-refractivity contribution >= 4 is 28.1 Å². The summed E-state index contributed by atoms with van der Waals surface area (Å²) in [5.41, 5.74) is 3.10. The molecule has 2 rings (SSSR count). The van der Waals surface area contributed by atoms with Gasteiger partial charge in [0.2, 0.25) is 0 Å². The van der Waals surface area contributed by atoms with Crippen LogP contribution in [0.15, 0.2) is 28.7 Å². The van der Waals surface area contributed by atoms with Gasteiger partial charge in [0, 0.05) is 22.8 Å². The molecule has 1 heterocycles. The Morgan fingerprint density at radius 2 is 2.17 bits per heavy atom. The molecule has 0 fully saturated rings. The SMILES string of the molecule is COCc1cc(=S)nc(-c2ccc(C)c(Br)c2)[nH]1. The van der Waals surface area contributed by atoms with Crippen molar-refractivity contribution in [2.45, 2.75) is 13.5 Å². The first-order valence-electron chi connectivity index (χ1n) is 5.46. The fraction of sp³-hybridized carbons (Fsp3) is 0.231. The number of nitrogens with zero attached hydrogens (tertiary/aromatic N) is 1. The van der Waals surface area contributed by atoms with Crippen LogP contribution in [0.25, 0.3) is 11.4 Å². The van der Waals surface area contributed by atoms with E-state index >= 15 is 0 Å². The van der Waals surface area contributed by atoms with Gasteiger partial charge in [0.15, 0.2) is 0 Å². The third kappa shape index (κ3) is 3.04. The molecule has 3 nitrogen and oxygen atoms in total. The highest BCUT2D eigenvalue weighted by Crippen LogP contribution is 2.23. The van der Waals surface area contributed by atoms with Crippen LogP contribution in [0.3, 0.4) is 0 Å². The van der Waals surface area contributed by atoms with Gasteiger partial charge in [0.05, 0.1) is 6.61 Å². The van der Waals surface area contributed by atoms with Crippen molar-refractivity contribution in [3.8, 4) is 11.4 Å². The number of aromatic nitrogens is 2. The summed E-state index contributed by atoms with van der Waals surface area (Å²) in [5.74, 6) is 0.759. The Balaban J connectivity index is 2.49. The van der Waals surface area contributed by atoms with Gasteiger partial charge in [-0.1, -0.05) is 40.3 Å². The largest absolute Gasteiger partial charge is 0.378 e. The molecule has 0 atom stereocenters. The minimum absolute atomic E-state index is 0.492. The molecule has 0 amide bonds. The number of rotatable bonds is 3. The first kappa shape index (κ1) is 13.4. The molecule has 0 bridgehead atoms. The van der Waals surface area contributed by atoms with Gasteiger partial charge in [-0.25, -0.2) is 4.98 Å². The van der Waals surface area contributed by atoms with E-state index in [9.17, 15) is 0 Å². The molecule has 94 valence electrons. The number of aryl methyl sites for hydroxylation is 1. The molecular formula is C13H13BrN2OS. The molecule has 0 saturated heterocycles. The summed E-state index contributed by atoms with van der Waals surface area (Å²) in [7, 11) is 1.65. The molecule has 0 aliphatic rings. The number of halogens is 1. The van der Waals surface area contributed by atoms with Crippen LogP contribution in [0.2, 0.25) is 0 Å². The monoisotopic (exact) mass is 324 g/mol. The van der Waals surface area contributed by atoms with Gasteiger partial charge in [-0.2, -0.15) is 0 Å². The van der Waals surface area contributed by atoms with Crippen LogP contribution in [-0.2, 0) is 11.3 Å². The number of aromatic amines is 1. The third-order valence-electron chi connectivity index (χ3n) is 2.54. The van der Waals surface area contributed by atoms with Crippen molar-refractivity contribution in [1.29, 1.82) is 0 Å². The zero-order valence-electron chi connectivity index (χ0n) is 10.2. The summed E-state index contributed by atoms with van der Waals surface area (Å²) >= 11 is 8.68. The summed E-state index contributed by atoms with van der Waals surface area (Å²) in [6, 6.07) is 7.90. The number of nitrogens with one attached hydrogen (secondary N) is 1. The van der Waals surface area contributed by atoms with Crippen LogP contribution in [0.4, 0.5) is 0 Å². The molecule has 0 saturated carbocycles. The first-order chi connectivity index (χ1) is 8.60. The minimum atomic E-state index is 0.492. The fourth-order valence-electron chi connectivity index (χ4n) is 1.62. The maximum Gasteiger partial charge on any atom is 0.139 e. The quantitative estimate of drug-likeness (QED) is 0.866. The molecule has 0 aliphatic carbocycles. The van der Waals surface area contributed by atoms with Crippen molar-refractivity contribution in [3.63, 3.8) is 0 Å². The molecule has 5 heteroatoms. The summed E-state index contributed by atoms with van der Waals surface area (Å²) in [6.45, 7) is 2.54. The lowest BCUT2D eigenvalue weighted by Gasteiger charge is -2.07. The molecule has 2 aromatic rings. The number of benzene rings is 1. The Labute approximate surface area is 119 Å². The number of hydrogen-bond donors (Lipinski definition) is 1. The maximum atomic E-state index is 5.16. The van der Waals surface area contributed by atoms with E-state index < -0.39 is 0 Å². The molecule has 0 unspecified atom stereocenters. The van der Waals surface area contributed by atoms with E-state index in [1.807, 2.05) is 31.2 Å². The molecule has 1 N–H and O–H groups in total. The zero-order valence-corrected chi connectivity index (χ0v) is 12.6. The van der Waals surface area contributed by atoms with Gasteiger partial charge in [0.25, 0.3) is 0 Å². The van der Waals surface area contributed by atoms with Crippen molar-refractivity contribution in [2.75, 3.05) is 7.11 Å². The maximum absolute atomic E-state index is 5.16. The minimum Gasteiger partial charge on any atom is -0.378 e. The Morgan fingerprint density at radius 3 is 2.83 bits per heavy atom. The lowest BCUT2D eigenvalue weighted by Crippen LogP contribution is -1.97. The summed E-state index contributed by atoms with van der Waals surface area (Å²) in [5, 5.41) is 0. The zero-order chi connectivity index (χ0) is 13.1. The topological polar surface area (TPSA) is 37.9 Å². The van der Waals surface area contributed by atoms with Gasteiger partial charge in [0.1, 0.15) is 10.5 Å². The Kier molecular flexibility index (Phi) is 4.27. The van der Waals surface area contributed by atoms with E-state index in [4.69, 9.17) is 17.0 Å². The van der Waals surface area contributed by atoms with E-state index in [1.54, 1.807) is 7.11 Å². The van der Waals surface area contributed by atoms with Crippen molar-refractivity contribution in [2.24, 2.45) is 0 Å². The average Bonchev–Trinajstić information content (AvgIpc) is 2.32. The second-order valence-corrected chi connectivity index (χ2v) is 5.26. The Morgan fingerprint density at radius 1 is 1.39 bits per heavy atom. The fourth-order valence-corrected chi connectivity index (χ4v) is 2.23.